The van der Waals surface area contributed by atoms with Gasteiger partial charge in [0.2, 0.25) is 0 Å². The first-order valence-electron chi connectivity index (χ1n) is 42.3. The quantitative estimate of drug-likeness (QED) is 0.0209. The number of fused-ring (bicyclic) bond motifs is 4. The summed E-state index contributed by atoms with van der Waals surface area (Å²) in [4.78, 5) is 4.15. The van der Waals surface area contributed by atoms with Gasteiger partial charge in [-0.1, -0.05) is 210 Å². The lowest BCUT2D eigenvalue weighted by molar-refractivity contribution is -0.275. The van der Waals surface area contributed by atoms with Crippen molar-refractivity contribution in [3.63, 3.8) is 0 Å². The zero-order valence-electron chi connectivity index (χ0n) is 72.7. The number of epoxide rings is 1. The molecule has 0 amide bonds. The molecule has 0 aromatic heterocycles. The van der Waals surface area contributed by atoms with Crippen molar-refractivity contribution in [2.45, 2.75) is 140 Å². The number of ether oxygens (including phenoxy) is 5. The van der Waals surface area contributed by atoms with Gasteiger partial charge in [-0.2, -0.15) is 0 Å². The molecule has 12 aromatic carbocycles. The number of benzene rings is 12. The number of hydrogen-bond donors (Lipinski definition) is 6. The number of aliphatic hydroxyl groups excluding tert-OH is 2. The highest BCUT2D eigenvalue weighted by Gasteiger charge is 2.38. The second-order valence-electron chi connectivity index (χ2n) is 31.7. The summed E-state index contributed by atoms with van der Waals surface area (Å²) in [6, 6.07) is 77.3. The number of anilines is 4. The maximum absolute atomic E-state index is 12.7. The molecule has 0 spiro atoms. The van der Waals surface area contributed by atoms with E-state index in [4.69, 9.17) is 61.2 Å². The van der Waals surface area contributed by atoms with Gasteiger partial charge in [0.15, 0.2) is 0 Å². The van der Waals surface area contributed by atoms with Crippen LogP contribution in [0.1, 0.15) is 115 Å². The van der Waals surface area contributed by atoms with Crippen LogP contribution in [0.5, 0.6) is 23.0 Å². The average molecular weight is 2140 g/mol. The normalized spacial score (nSPS) is 17.1. The van der Waals surface area contributed by atoms with Crippen molar-refractivity contribution in [3.05, 3.63) is 336 Å². The van der Waals surface area contributed by atoms with Gasteiger partial charge in [-0.3, -0.25) is 0 Å². The molecule has 5 aliphatic heterocycles. The Morgan fingerprint density at radius 3 is 1.07 bits per heavy atom. The van der Waals surface area contributed by atoms with E-state index in [2.05, 4.69) is 104 Å². The number of rotatable bonds is 18. The van der Waals surface area contributed by atoms with Crippen LogP contribution in [0, 0.1) is 0 Å². The molecule has 12 aromatic rings. The highest BCUT2D eigenvalue weighted by Crippen LogP contribution is 2.92. The van der Waals surface area contributed by atoms with Gasteiger partial charge in [-0.05, 0) is 297 Å². The van der Waals surface area contributed by atoms with E-state index < -0.39 is 44.8 Å². The number of nitrogens with one attached hydrogen (secondary N) is 2. The van der Waals surface area contributed by atoms with Crippen molar-refractivity contribution in [2.24, 2.45) is 0 Å². The van der Waals surface area contributed by atoms with Gasteiger partial charge in [0.1, 0.15) is 23.0 Å². The number of nitrogens with zero attached hydrogens (tertiary/aromatic N) is 2. The minimum absolute atomic E-state index is 0.0291. The molecule has 6 N–H and O–H groups in total. The summed E-state index contributed by atoms with van der Waals surface area (Å²) in [6.45, 7) is 7.60. The molecular weight excluding hydrogens is 2040 g/mol. The van der Waals surface area contributed by atoms with Crippen molar-refractivity contribution in [2.75, 3.05) is 40.1 Å². The van der Waals surface area contributed by atoms with Crippen LogP contribution in [0.15, 0.2) is 271 Å². The molecule has 5 aliphatic rings. The van der Waals surface area contributed by atoms with E-state index in [1.54, 1.807) is 68.4 Å². The van der Waals surface area contributed by atoms with Crippen LogP contribution >= 0.6 is 120 Å². The molecule has 0 saturated carbocycles. The van der Waals surface area contributed by atoms with Gasteiger partial charge in [0.05, 0.1) is 49.1 Å². The summed E-state index contributed by atoms with van der Waals surface area (Å²) < 4.78 is 173. The summed E-state index contributed by atoms with van der Waals surface area (Å²) in [5, 5.41) is 47.0. The van der Waals surface area contributed by atoms with E-state index in [1.165, 1.54) is 65.7 Å². The van der Waals surface area contributed by atoms with E-state index in [0.717, 1.165) is 136 Å². The maximum Gasteiger partial charge on any atom is 0.573 e. The second-order valence-corrected chi connectivity index (χ2v) is 56.5. The molecular formula is C97H97BBrCl4F12N4O9P7. The van der Waals surface area contributed by atoms with Gasteiger partial charge in [0.25, 0.3) is 0 Å². The Labute approximate surface area is 818 Å². The molecule has 0 aliphatic carbocycles. The Hall–Kier alpha value is -7.29. The summed E-state index contributed by atoms with van der Waals surface area (Å²) in [5.41, 5.74) is 18.2. The highest BCUT2D eigenvalue weighted by molar-refractivity contribution is 9.10. The largest absolute Gasteiger partial charge is 0.573 e. The van der Waals surface area contributed by atoms with Crippen LogP contribution in [0.3, 0.4) is 0 Å². The van der Waals surface area contributed by atoms with Crippen LogP contribution in [0.4, 0.5) is 75.4 Å². The van der Waals surface area contributed by atoms with E-state index in [1.807, 2.05) is 152 Å². The predicted octanol–water partition coefficient (Wildman–Crippen LogP) is 30.1. The lowest BCUT2D eigenvalue weighted by atomic mass is 9.81. The monoisotopic (exact) mass is 2140 g/mol. The smallest absolute Gasteiger partial charge is 0.423 e. The molecule has 0 radical (unpaired) electrons. The topological polar surface area (TPSA) is 161 Å². The molecule has 5 heterocycles. The molecule has 716 valence electrons. The van der Waals surface area contributed by atoms with Crippen molar-refractivity contribution < 1.29 is 96.6 Å². The van der Waals surface area contributed by atoms with E-state index in [9.17, 15) is 62.9 Å². The minimum Gasteiger partial charge on any atom is -0.423 e. The number of alkyl halides is 12. The Kier molecular flexibility index (Phi) is 40.2. The molecule has 13 nitrogen and oxygen atoms in total. The molecule has 135 heavy (non-hydrogen) atoms. The number of β-amino-alcohol motifs (C(OH)–C–C–N with tert-alkyl or cyclic N) is 2. The lowest BCUT2D eigenvalue weighted by Crippen LogP contribution is -2.38. The molecule has 13 atom stereocenters. The fraction of sp³-hybridized carbons (Fsp3) is 0.258. The third-order valence-electron chi connectivity index (χ3n) is 21.6. The first-order valence-corrected chi connectivity index (χ1v) is 56.5. The Balaban J connectivity index is 0.000000162. The zero-order chi connectivity index (χ0) is 97.6. The van der Waals surface area contributed by atoms with E-state index in [-0.39, 0.29) is 61.1 Å². The maximum atomic E-state index is 12.7. The SMILES string of the molecule is C[C@@H](O)CN1c2cccc(-c3cccc(Cl)c3)c2CC[C@@H]1c1cccc(OC(F)(F)F)c1.C[C@@H](O)CN1c2cccc(-c3cccc(Cl)c3)c2CC[C@H]1c1cccc(OC(F)(F)F)c1.C[C@@H]1CO1.FC(F)(F)Oc1cccc(C2CCc3c(Br)cccc3N2)c1.FC(F)(F)Oc1cccc(C2CCc3c(cccc3-c3cccc(Cl)c3)N2)c1.OB(O)c1cccc(Cl)c1.PPP(P)P(P)P. The Bertz CT molecular complexity index is 5740. The third kappa shape index (κ3) is 33.7. The standard InChI is InChI=1S/2C25H23ClF3NO2.C22H17ClF3NO.C16H13BrF3NO.C6H6BClO2.C3H6O.H9P7/c2*1-16(31)15-30-23(18-6-3-8-20(14-18)32-25(27,28)29)12-11-22-21(9-4-10-24(22)30)17-5-2-7-19(26)13-17;23-16-6-1-4-14(12-16)18-8-3-9-21-19(18)10-11-20(27-21)15-5-2-7-17(13-15)28-22(24,25)26;17-13-5-2-6-15-12(13)7-8-14(21-15)10-3-1-4-11(9-10)22-16(18,19)20;8-6-3-1-2-5(4-6)7(9)10;1-3-2-4-3;1-5-7(4)6(2)3/h2*2-10,13-14,16,23,31H,11-12,15H2,1H3;1-9,12-13,20,27H,10-11H2;1-6,9,14,21H,7-8H2;1-4,9-10H;3H,2H2,1H3;5H,1-4H2/t16-,23+;16-,23-;;;;3-;/m11...1./s1. The van der Waals surface area contributed by atoms with E-state index >= 15 is 0 Å². The molecule has 17 rings (SSSR count). The average Bonchev–Trinajstić information content (AvgIpc) is 1.52. The molecule has 1 saturated heterocycles. The predicted molar refractivity (Wildman–Crippen MR) is 545 cm³/mol. The minimum atomic E-state index is -4.75. The number of hydrogen-bond acceptors (Lipinski definition) is 13. The fourth-order valence-corrected chi connectivity index (χ4v) is 33.4. The summed E-state index contributed by atoms with van der Waals surface area (Å²) in [6.07, 6.45) is -13.4. The molecule has 1 fully saturated rings. The summed E-state index contributed by atoms with van der Waals surface area (Å²) >= 11 is 27.6. The van der Waals surface area contributed by atoms with Crippen molar-refractivity contribution in [1.29, 1.82) is 0 Å². The van der Waals surface area contributed by atoms with Gasteiger partial charge in [-0.15, -0.1) is 88.4 Å². The van der Waals surface area contributed by atoms with Crippen LogP contribution < -0.4 is 44.8 Å². The first-order chi connectivity index (χ1) is 64.0. The van der Waals surface area contributed by atoms with E-state index in [0.29, 0.717) is 68.7 Å². The number of aliphatic hydroxyl groups is 2. The van der Waals surface area contributed by atoms with Crippen LogP contribution in [-0.4, -0.2) is 90.8 Å². The van der Waals surface area contributed by atoms with Gasteiger partial charge in [-0.25, -0.2) is 0 Å². The highest BCUT2D eigenvalue weighted by atomic mass is 79.9. The van der Waals surface area contributed by atoms with Gasteiger partial charge < -0.3 is 64.4 Å². The fourth-order valence-electron chi connectivity index (χ4n) is 16.0. The van der Waals surface area contributed by atoms with Crippen LogP contribution in [0.25, 0.3) is 33.4 Å². The van der Waals surface area contributed by atoms with Crippen LogP contribution in [0.2, 0.25) is 20.1 Å². The molecule has 0 bridgehead atoms. The zero-order valence-corrected chi connectivity index (χ0v) is 84.7. The second kappa shape index (κ2) is 50.2. The van der Waals surface area contributed by atoms with Gasteiger partial charge >= 0.3 is 32.6 Å². The summed E-state index contributed by atoms with van der Waals surface area (Å²) in [7, 11) is 11.0. The third-order valence-corrected chi connectivity index (χ3v) is 53.8. The lowest BCUT2D eigenvalue weighted by Gasteiger charge is -2.41. The number of halogens is 17. The van der Waals surface area contributed by atoms with Crippen LogP contribution in [-0.2, 0) is 30.4 Å². The van der Waals surface area contributed by atoms with Crippen molar-refractivity contribution >= 4 is 155 Å². The Morgan fingerprint density at radius 2 is 0.748 bits per heavy atom. The van der Waals surface area contributed by atoms with Gasteiger partial charge in [0, 0.05) is 60.4 Å². The summed E-state index contributed by atoms with van der Waals surface area (Å²) in [5.74, 6) is -0.881. The van der Waals surface area contributed by atoms with Crippen molar-refractivity contribution in [3.8, 4) is 56.4 Å². The molecule has 38 heteroatoms. The first kappa shape index (κ1) is 108. The van der Waals surface area contributed by atoms with Crippen molar-refractivity contribution in [1.82, 2.24) is 0 Å². The Morgan fingerprint density at radius 1 is 0.437 bits per heavy atom. The molecule has 8 unspecified atom stereocenters.